The predicted molar refractivity (Wildman–Crippen MR) is 113 cm³/mol. The van der Waals surface area contributed by atoms with Crippen LogP contribution >= 0.6 is 11.3 Å². The number of amides is 2. The minimum Gasteiger partial charge on any atom is -0.433 e. The summed E-state index contributed by atoms with van der Waals surface area (Å²) < 4.78 is 43.5. The number of ether oxygens (including phenoxy) is 1. The van der Waals surface area contributed by atoms with Crippen molar-refractivity contribution in [3.63, 3.8) is 0 Å². The third kappa shape index (κ3) is 6.08. The Morgan fingerprint density at radius 3 is 2.61 bits per heavy atom. The fourth-order valence-electron chi connectivity index (χ4n) is 2.82. The minimum atomic E-state index is -3.06. The first-order valence-corrected chi connectivity index (χ1v) is 10.4. The standard InChI is InChI=1S/C22H17F3N4O3S/c1-12-6-17(27-11-15(12)8-26)20(30)28-9-13-2-3-14(16(23)7-13)10-29-21(31)19-18(4-5-33-19)32-22(24)25/h2-7,11,22H,9-10H2,1H3,(H,28,30)(H,29,31). The van der Waals surface area contributed by atoms with Crippen LogP contribution in [-0.2, 0) is 13.1 Å². The van der Waals surface area contributed by atoms with Gasteiger partial charge < -0.3 is 15.4 Å². The van der Waals surface area contributed by atoms with E-state index in [4.69, 9.17) is 5.26 Å². The van der Waals surface area contributed by atoms with Gasteiger partial charge in [0.15, 0.2) is 0 Å². The molecule has 2 N–H and O–H groups in total. The van der Waals surface area contributed by atoms with Crippen LogP contribution in [0.1, 0.15) is 42.4 Å². The first kappa shape index (κ1) is 23.7. The number of halogens is 3. The summed E-state index contributed by atoms with van der Waals surface area (Å²) in [6.45, 7) is -1.51. The van der Waals surface area contributed by atoms with Gasteiger partial charge in [-0.15, -0.1) is 11.3 Å². The van der Waals surface area contributed by atoms with Crippen molar-refractivity contribution in [3.8, 4) is 11.8 Å². The number of carbonyl (C=O) groups excluding carboxylic acids is 2. The maximum absolute atomic E-state index is 14.4. The number of hydrogen-bond donors (Lipinski definition) is 2. The topological polar surface area (TPSA) is 104 Å². The van der Waals surface area contributed by atoms with Gasteiger partial charge in [-0.05, 0) is 41.6 Å². The lowest BCUT2D eigenvalue weighted by molar-refractivity contribution is -0.0498. The number of carbonyl (C=O) groups is 2. The second kappa shape index (κ2) is 10.6. The van der Waals surface area contributed by atoms with Crippen LogP contribution in [0, 0.1) is 24.1 Å². The predicted octanol–water partition coefficient (Wildman–Crippen LogP) is 3.92. The van der Waals surface area contributed by atoms with Crippen molar-refractivity contribution in [1.82, 2.24) is 15.6 Å². The fraction of sp³-hybridized carbons (Fsp3) is 0.182. The maximum Gasteiger partial charge on any atom is 0.387 e. The number of nitriles is 1. The highest BCUT2D eigenvalue weighted by atomic mass is 32.1. The third-order valence-electron chi connectivity index (χ3n) is 4.53. The SMILES string of the molecule is Cc1cc(C(=O)NCc2ccc(CNC(=O)c3sccc3OC(F)F)c(F)c2)ncc1C#N. The van der Waals surface area contributed by atoms with Crippen LogP contribution in [0.25, 0.3) is 0 Å². The molecule has 0 bridgehead atoms. The molecular formula is C22H17F3N4O3S. The molecule has 33 heavy (non-hydrogen) atoms. The number of aromatic nitrogens is 1. The molecule has 2 aromatic heterocycles. The summed E-state index contributed by atoms with van der Waals surface area (Å²) in [5.41, 5.74) is 1.77. The Hall–Kier alpha value is -3.91. The molecule has 0 atom stereocenters. The molecule has 2 heterocycles. The minimum absolute atomic E-state index is 0.0344. The molecule has 0 aliphatic heterocycles. The highest BCUT2D eigenvalue weighted by molar-refractivity contribution is 7.12. The molecule has 11 heteroatoms. The zero-order valence-corrected chi connectivity index (χ0v) is 18.0. The van der Waals surface area contributed by atoms with Crippen molar-refractivity contribution in [2.45, 2.75) is 26.6 Å². The van der Waals surface area contributed by atoms with E-state index in [-0.39, 0.29) is 35.0 Å². The van der Waals surface area contributed by atoms with E-state index >= 15 is 0 Å². The number of nitrogens with one attached hydrogen (secondary N) is 2. The summed E-state index contributed by atoms with van der Waals surface area (Å²) in [6.07, 6.45) is 1.31. The summed E-state index contributed by atoms with van der Waals surface area (Å²) in [4.78, 5) is 28.4. The highest BCUT2D eigenvalue weighted by Crippen LogP contribution is 2.26. The van der Waals surface area contributed by atoms with E-state index in [2.05, 4.69) is 20.4 Å². The lowest BCUT2D eigenvalue weighted by atomic mass is 10.1. The molecule has 0 saturated carbocycles. The van der Waals surface area contributed by atoms with Crippen LogP contribution in [0.15, 0.2) is 41.9 Å². The van der Waals surface area contributed by atoms with Gasteiger partial charge in [-0.25, -0.2) is 9.37 Å². The van der Waals surface area contributed by atoms with Crippen molar-refractivity contribution < 1.29 is 27.5 Å². The van der Waals surface area contributed by atoms with Crippen LogP contribution in [0.3, 0.4) is 0 Å². The van der Waals surface area contributed by atoms with Gasteiger partial charge >= 0.3 is 6.61 Å². The van der Waals surface area contributed by atoms with Gasteiger partial charge in [-0.1, -0.05) is 12.1 Å². The van der Waals surface area contributed by atoms with Gasteiger partial charge in [0.25, 0.3) is 11.8 Å². The molecule has 0 aliphatic carbocycles. The van der Waals surface area contributed by atoms with Gasteiger partial charge in [0.1, 0.15) is 28.2 Å². The lowest BCUT2D eigenvalue weighted by Gasteiger charge is -2.10. The van der Waals surface area contributed by atoms with Crippen molar-refractivity contribution in [1.29, 1.82) is 5.26 Å². The van der Waals surface area contributed by atoms with E-state index in [1.807, 2.05) is 6.07 Å². The molecule has 3 aromatic rings. The van der Waals surface area contributed by atoms with E-state index in [9.17, 15) is 22.8 Å². The van der Waals surface area contributed by atoms with Crippen LogP contribution in [-0.4, -0.2) is 23.4 Å². The van der Waals surface area contributed by atoms with Crippen LogP contribution in [0.5, 0.6) is 5.75 Å². The number of aryl methyl sites for hydroxylation is 1. The molecule has 1 aromatic carbocycles. The zero-order valence-electron chi connectivity index (χ0n) is 17.2. The highest BCUT2D eigenvalue weighted by Gasteiger charge is 2.18. The molecule has 0 spiro atoms. The Labute approximate surface area is 190 Å². The normalized spacial score (nSPS) is 10.5. The number of nitrogens with zero attached hydrogens (tertiary/aromatic N) is 2. The number of benzene rings is 1. The van der Waals surface area contributed by atoms with Gasteiger partial charge in [0.2, 0.25) is 0 Å². The third-order valence-corrected chi connectivity index (χ3v) is 5.42. The molecule has 7 nitrogen and oxygen atoms in total. The Bertz CT molecular complexity index is 1220. The van der Waals surface area contributed by atoms with Gasteiger partial charge in [0, 0.05) is 24.8 Å². The van der Waals surface area contributed by atoms with E-state index < -0.39 is 24.2 Å². The average molecular weight is 474 g/mol. The van der Waals surface area contributed by atoms with Crippen molar-refractivity contribution in [2.24, 2.45) is 0 Å². The summed E-state index contributed by atoms with van der Waals surface area (Å²) in [5.74, 6) is -1.99. The Balaban J connectivity index is 1.57. The molecule has 0 unspecified atom stereocenters. The number of alkyl halides is 2. The number of rotatable bonds is 8. The summed E-state index contributed by atoms with van der Waals surface area (Å²) in [7, 11) is 0. The fourth-order valence-corrected chi connectivity index (χ4v) is 3.56. The average Bonchev–Trinajstić information content (AvgIpc) is 3.24. The van der Waals surface area contributed by atoms with Crippen LogP contribution < -0.4 is 15.4 Å². The second-order valence-corrected chi connectivity index (χ2v) is 7.70. The molecule has 0 radical (unpaired) electrons. The lowest BCUT2D eigenvalue weighted by Crippen LogP contribution is -2.24. The Morgan fingerprint density at radius 1 is 1.18 bits per heavy atom. The molecule has 0 aliphatic rings. The first-order valence-electron chi connectivity index (χ1n) is 9.51. The monoisotopic (exact) mass is 474 g/mol. The molecular weight excluding hydrogens is 457 g/mol. The summed E-state index contributed by atoms with van der Waals surface area (Å²) in [5, 5.41) is 15.5. The zero-order chi connectivity index (χ0) is 24.0. The van der Waals surface area contributed by atoms with E-state index in [1.54, 1.807) is 13.0 Å². The largest absolute Gasteiger partial charge is 0.433 e. The van der Waals surface area contributed by atoms with E-state index in [1.165, 1.54) is 35.8 Å². The molecule has 2 amide bonds. The van der Waals surface area contributed by atoms with Crippen LogP contribution in [0.2, 0.25) is 0 Å². The molecule has 170 valence electrons. The molecule has 0 saturated heterocycles. The van der Waals surface area contributed by atoms with Crippen molar-refractivity contribution in [2.75, 3.05) is 0 Å². The number of thiophene rings is 1. The number of hydrogen-bond acceptors (Lipinski definition) is 6. The summed E-state index contributed by atoms with van der Waals surface area (Å²) >= 11 is 0.926. The second-order valence-electron chi connectivity index (χ2n) is 6.78. The number of pyridine rings is 1. The molecule has 3 rings (SSSR count). The quantitative estimate of drug-likeness (QED) is 0.515. The van der Waals surface area contributed by atoms with Gasteiger partial charge in [-0.3, -0.25) is 9.59 Å². The van der Waals surface area contributed by atoms with Crippen molar-refractivity contribution >= 4 is 23.2 Å². The first-order chi connectivity index (χ1) is 15.8. The smallest absolute Gasteiger partial charge is 0.387 e. The Morgan fingerprint density at radius 2 is 1.94 bits per heavy atom. The molecule has 0 fully saturated rings. The Kier molecular flexibility index (Phi) is 7.63. The summed E-state index contributed by atoms with van der Waals surface area (Å²) in [6, 6.07) is 8.96. The van der Waals surface area contributed by atoms with E-state index in [0.717, 1.165) is 11.3 Å². The van der Waals surface area contributed by atoms with Gasteiger partial charge in [-0.2, -0.15) is 14.0 Å². The van der Waals surface area contributed by atoms with Crippen molar-refractivity contribution in [3.05, 3.63) is 80.6 Å². The van der Waals surface area contributed by atoms with Gasteiger partial charge in [0.05, 0.1) is 5.56 Å². The maximum atomic E-state index is 14.4. The van der Waals surface area contributed by atoms with Crippen LogP contribution in [0.4, 0.5) is 13.2 Å². The van der Waals surface area contributed by atoms with E-state index in [0.29, 0.717) is 16.7 Å².